The zero-order valence-corrected chi connectivity index (χ0v) is 7.74. The maximum absolute atomic E-state index is 10.9. The summed E-state index contributed by atoms with van der Waals surface area (Å²) in [5.74, 6) is -1.25. The standard InChI is InChI=1S/C10H9NO4/c12-6-11(7-13)9(10(14)15)8-4-2-1-3-5-8/h1-7,9H,(H,14,15). The molecule has 0 fully saturated rings. The van der Waals surface area contributed by atoms with Gasteiger partial charge in [-0.2, -0.15) is 0 Å². The van der Waals surface area contributed by atoms with Crippen LogP contribution >= 0.6 is 0 Å². The lowest BCUT2D eigenvalue weighted by atomic mass is 10.1. The first-order chi connectivity index (χ1) is 7.20. The van der Waals surface area contributed by atoms with Crippen LogP contribution in [-0.4, -0.2) is 28.8 Å². The molecular weight excluding hydrogens is 198 g/mol. The Morgan fingerprint density at radius 3 is 2.13 bits per heavy atom. The Morgan fingerprint density at radius 2 is 1.73 bits per heavy atom. The summed E-state index contributed by atoms with van der Waals surface area (Å²) < 4.78 is 0. The Labute approximate surface area is 85.9 Å². The first kappa shape index (κ1) is 10.9. The van der Waals surface area contributed by atoms with Gasteiger partial charge in [0.15, 0.2) is 6.04 Å². The van der Waals surface area contributed by atoms with Crippen LogP contribution in [-0.2, 0) is 14.4 Å². The van der Waals surface area contributed by atoms with Crippen molar-refractivity contribution in [2.24, 2.45) is 0 Å². The number of rotatable bonds is 5. The molecule has 1 rings (SSSR count). The van der Waals surface area contributed by atoms with Gasteiger partial charge in [-0.1, -0.05) is 30.3 Å². The van der Waals surface area contributed by atoms with Gasteiger partial charge in [0.05, 0.1) is 0 Å². The number of carbonyl (C=O) groups excluding carboxylic acids is 2. The molecule has 5 nitrogen and oxygen atoms in total. The molecule has 0 aliphatic carbocycles. The van der Waals surface area contributed by atoms with E-state index in [-0.39, 0.29) is 12.8 Å². The van der Waals surface area contributed by atoms with Crippen LogP contribution in [0, 0.1) is 0 Å². The Balaban J connectivity index is 3.08. The summed E-state index contributed by atoms with van der Waals surface area (Å²) >= 11 is 0. The van der Waals surface area contributed by atoms with Crippen LogP contribution in [0.2, 0.25) is 0 Å². The lowest BCUT2D eigenvalue weighted by Gasteiger charge is -2.18. The number of hydrogen-bond donors (Lipinski definition) is 1. The highest BCUT2D eigenvalue weighted by Crippen LogP contribution is 2.17. The SMILES string of the molecule is O=CN(C=O)C(C(=O)O)c1ccccc1. The summed E-state index contributed by atoms with van der Waals surface area (Å²) in [4.78, 5) is 32.4. The predicted octanol–water partition coefficient (Wildman–Crippen LogP) is 0.427. The number of imide groups is 1. The minimum Gasteiger partial charge on any atom is -0.479 e. The topological polar surface area (TPSA) is 74.7 Å². The van der Waals surface area contributed by atoms with Crippen molar-refractivity contribution in [1.29, 1.82) is 0 Å². The summed E-state index contributed by atoms with van der Waals surface area (Å²) in [6.45, 7) is 0. The van der Waals surface area contributed by atoms with Crippen molar-refractivity contribution in [3.05, 3.63) is 35.9 Å². The normalized spacial score (nSPS) is 11.5. The molecule has 0 aromatic heterocycles. The lowest BCUT2D eigenvalue weighted by Crippen LogP contribution is -2.31. The second kappa shape index (κ2) is 4.90. The van der Waals surface area contributed by atoms with E-state index in [0.717, 1.165) is 0 Å². The van der Waals surface area contributed by atoms with Gasteiger partial charge in [-0.15, -0.1) is 0 Å². The number of benzene rings is 1. The fourth-order valence-corrected chi connectivity index (χ4v) is 1.22. The van der Waals surface area contributed by atoms with Gasteiger partial charge in [0.25, 0.3) is 0 Å². The van der Waals surface area contributed by atoms with E-state index in [2.05, 4.69) is 0 Å². The van der Waals surface area contributed by atoms with E-state index >= 15 is 0 Å². The first-order valence-corrected chi connectivity index (χ1v) is 4.16. The van der Waals surface area contributed by atoms with Crippen LogP contribution < -0.4 is 0 Å². The van der Waals surface area contributed by atoms with Crippen molar-refractivity contribution in [3.8, 4) is 0 Å². The van der Waals surface area contributed by atoms with Crippen LogP contribution in [0.5, 0.6) is 0 Å². The molecule has 1 unspecified atom stereocenters. The van der Waals surface area contributed by atoms with E-state index in [1.807, 2.05) is 0 Å². The minimum absolute atomic E-state index is 0.193. The average Bonchev–Trinajstić information content (AvgIpc) is 2.26. The fourth-order valence-electron chi connectivity index (χ4n) is 1.22. The van der Waals surface area contributed by atoms with Crippen molar-refractivity contribution < 1.29 is 19.5 Å². The number of carboxylic acids is 1. The lowest BCUT2D eigenvalue weighted by molar-refractivity contribution is -0.150. The number of aliphatic carboxylic acids is 1. The zero-order valence-electron chi connectivity index (χ0n) is 7.74. The van der Waals surface area contributed by atoms with Crippen LogP contribution in [0.15, 0.2) is 30.3 Å². The number of carboxylic acid groups (broad SMARTS) is 1. The molecule has 0 spiro atoms. The molecule has 0 bridgehead atoms. The smallest absolute Gasteiger partial charge is 0.331 e. The molecular formula is C10H9NO4. The van der Waals surface area contributed by atoms with Gasteiger partial charge in [-0.05, 0) is 5.56 Å². The van der Waals surface area contributed by atoms with Crippen LogP contribution in [0.4, 0.5) is 0 Å². The van der Waals surface area contributed by atoms with Crippen molar-refractivity contribution in [2.75, 3.05) is 0 Å². The van der Waals surface area contributed by atoms with Crippen molar-refractivity contribution in [1.82, 2.24) is 4.90 Å². The second-order valence-electron chi connectivity index (χ2n) is 2.81. The molecule has 78 valence electrons. The maximum atomic E-state index is 10.9. The van der Waals surface area contributed by atoms with Gasteiger partial charge in [0.1, 0.15) is 0 Å². The number of amides is 2. The molecule has 1 aromatic rings. The summed E-state index contributed by atoms with van der Waals surface area (Å²) in [5.41, 5.74) is 0.379. The third kappa shape index (κ3) is 2.40. The van der Waals surface area contributed by atoms with E-state index in [0.29, 0.717) is 10.5 Å². The molecule has 0 radical (unpaired) electrons. The van der Waals surface area contributed by atoms with Gasteiger partial charge in [0.2, 0.25) is 12.8 Å². The van der Waals surface area contributed by atoms with Gasteiger partial charge in [-0.25, -0.2) is 4.79 Å². The van der Waals surface area contributed by atoms with Crippen molar-refractivity contribution in [3.63, 3.8) is 0 Å². The summed E-state index contributed by atoms with van der Waals surface area (Å²) in [6.07, 6.45) is 0.386. The van der Waals surface area contributed by atoms with Crippen LogP contribution in [0.25, 0.3) is 0 Å². The largest absolute Gasteiger partial charge is 0.479 e. The third-order valence-corrected chi connectivity index (χ3v) is 1.89. The van der Waals surface area contributed by atoms with Gasteiger partial charge >= 0.3 is 5.97 Å². The molecule has 0 saturated heterocycles. The molecule has 0 aliphatic rings. The Hall–Kier alpha value is -2.17. The first-order valence-electron chi connectivity index (χ1n) is 4.16. The van der Waals surface area contributed by atoms with Crippen LogP contribution in [0.3, 0.4) is 0 Å². The third-order valence-electron chi connectivity index (χ3n) is 1.89. The van der Waals surface area contributed by atoms with E-state index in [1.165, 1.54) is 0 Å². The average molecular weight is 207 g/mol. The minimum atomic E-state index is -1.26. The molecule has 0 heterocycles. The quantitative estimate of drug-likeness (QED) is 0.710. The van der Waals surface area contributed by atoms with Gasteiger partial charge in [0, 0.05) is 0 Å². The van der Waals surface area contributed by atoms with Crippen LogP contribution in [0.1, 0.15) is 11.6 Å². The predicted molar refractivity (Wildman–Crippen MR) is 50.8 cm³/mol. The van der Waals surface area contributed by atoms with E-state index in [4.69, 9.17) is 5.11 Å². The maximum Gasteiger partial charge on any atom is 0.331 e. The second-order valence-corrected chi connectivity index (χ2v) is 2.81. The number of nitrogens with zero attached hydrogens (tertiary/aromatic N) is 1. The molecule has 0 saturated carbocycles. The van der Waals surface area contributed by atoms with Crippen molar-refractivity contribution >= 4 is 18.8 Å². The molecule has 2 amide bonds. The van der Waals surface area contributed by atoms with E-state index in [9.17, 15) is 14.4 Å². The Kier molecular flexibility index (Phi) is 3.56. The molecule has 15 heavy (non-hydrogen) atoms. The molecule has 1 aromatic carbocycles. The Morgan fingerprint density at radius 1 is 1.20 bits per heavy atom. The van der Waals surface area contributed by atoms with E-state index < -0.39 is 12.0 Å². The highest BCUT2D eigenvalue weighted by molar-refractivity contribution is 5.83. The monoisotopic (exact) mass is 207 g/mol. The summed E-state index contributed by atoms with van der Waals surface area (Å²) in [5, 5.41) is 8.90. The molecule has 1 atom stereocenters. The molecule has 1 N–H and O–H groups in total. The number of carbonyl (C=O) groups is 3. The molecule has 5 heteroatoms. The zero-order chi connectivity index (χ0) is 11.3. The summed E-state index contributed by atoms with van der Waals surface area (Å²) in [7, 11) is 0. The van der Waals surface area contributed by atoms with Gasteiger partial charge < -0.3 is 5.11 Å². The fraction of sp³-hybridized carbons (Fsp3) is 0.100. The van der Waals surface area contributed by atoms with Gasteiger partial charge in [-0.3, -0.25) is 14.5 Å². The Bertz CT molecular complexity index is 355. The van der Waals surface area contributed by atoms with Crippen molar-refractivity contribution in [2.45, 2.75) is 6.04 Å². The highest BCUT2D eigenvalue weighted by atomic mass is 16.4. The highest BCUT2D eigenvalue weighted by Gasteiger charge is 2.25. The summed E-state index contributed by atoms with van der Waals surface area (Å²) in [6, 6.07) is 6.81. The molecule has 0 aliphatic heterocycles. The number of hydrogen-bond acceptors (Lipinski definition) is 3. The van der Waals surface area contributed by atoms with E-state index in [1.54, 1.807) is 30.3 Å².